The summed E-state index contributed by atoms with van der Waals surface area (Å²) in [6, 6.07) is 17.0. The Bertz CT molecular complexity index is 524. The number of nitrogens with one attached hydrogen (secondary N) is 2. The lowest BCUT2D eigenvalue weighted by Crippen LogP contribution is -2.33. The largest absolute Gasteiger partial charge is 0.484 e. The first-order valence-electron chi connectivity index (χ1n) is 6.03. The summed E-state index contributed by atoms with van der Waals surface area (Å²) < 4.78 is 5.32. The minimum atomic E-state index is -0.232. The van der Waals surface area contributed by atoms with E-state index in [-0.39, 0.29) is 12.5 Å². The molecule has 2 rings (SSSR count). The van der Waals surface area contributed by atoms with Gasteiger partial charge in [0.2, 0.25) is 0 Å². The Labute approximate surface area is 112 Å². The van der Waals surface area contributed by atoms with E-state index < -0.39 is 0 Å². The van der Waals surface area contributed by atoms with E-state index >= 15 is 0 Å². The Morgan fingerprint density at radius 1 is 1.05 bits per heavy atom. The monoisotopic (exact) mass is 256 g/mol. The predicted octanol–water partition coefficient (Wildman–Crippen LogP) is 2.52. The maximum Gasteiger partial charge on any atom is 0.276 e. The van der Waals surface area contributed by atoms with Crippen LogP contribution in [0.25, 0.3) is 0 Å². The number of anilines is 1. The van der Waals surface area contributed by atoms with E-state index in [0.29, 0.717) is 5.75 Å². The molecule has 0 aromatic heterocycles. The van der Waals surface area contributed by atoms with Crippen LogP contribution in [-0.4, -0.2) is 12.5 Å². The molecular formula is C15H16N2O2. The van der Waals surface area contributed by atoms with Crippen molar-refractivity contribution < 1.29 is 9.53 Å². The molecule has 2 N–H and O–H groups in total. The molecule has 0 unspecified atom stereocenters. The van der Waals surface area contributed by atoms with Crippen LogP contribution < -0.4 is 15.6 Å². The van der Waals surface area contributed by atoms with Crippen LogP contribution in [0.3, 0.4) is 0 Å². The van der Waals surface area contributed by atoms with Crippen LogP contribution in [0.1, 0.15) is 5.56 Å². The van der Waals surface area contributed by atoms with Crippen LogP contribution in [0.2, 0.25) is 0 Å². The molecule has 1 amide bonds. The first-order valence-corrected chi connectivity index (χ1v) is 6.03. The standard InChI is InChI=1S/C15H16N2O2/c1-12-7-9-13(10-8-12)16-17-15(18)11-19-14-5-3-2-4-6-14/h2-10,16H,11H2,1H3,(H,17,18). The fourth-order valence-corrected chi connectivity index (χ4v) is 1.48. The highest BCUT2D eigenvalue weighted by Crippen LogP contribution is 2.08. The fourth-order valence-electron chi connectivity index (χ4n) is 1.48. The molecule has 19 heavy (non-hydrogen) atoms. The number of carbonyl (C=O) groups is 1. The predicted molar refractivity (Wildman–Crippen MR) is 74.9 cm³/mol. The summed E-state index contributed by atoms with van der Waals surface area (Å²) in [5.41, 5.74) is 7.41. The summed E-state index contributed by atoms with van der Waals surface area (Å²) in [6.45, 7) is 1.99. The van der Waals surface area contributed by atoms with Gasteiger partial charge in [0, 0.05) is 0 Å². The van der Waals surface area contributed by atoms with E-state index in [1.165, 1.54) is 5.56 Å². The maximum atomic E-state index is 11.6. The highest BCUT2D eigenvalue weighted by Gasteiger charge is 2.01. The van der Waals surface area contributed by atoms with Gasteiger partial charge in [-0.05, 0) is 31.2 Å². The molecule has 0 fully saturated rings. The van der Waals surface area contributed by atoms with Crippen molar-refractivity contribution in [2.24, 2.45) is 0 Å². The van der Waals surface area contributed by atoms with Gasteiger partial charge in [-0.25, -0.2) is 0 Å². The number of hydrazine groups is 1. The summed E-state index contributed by atoms with van der Waals surface area (Å²) in [6.07, 6.45) is 0. The molecule has 0 bridgehead atoms. The third kappa shape index (κ3) is 4.35. The molecule has 0 aliphatic rings. The van der Waals surface area contributed by atoms with E-state index in [9.17, 15) is 4.79 Å². The molecule has 4 nitrogen and oxygen atoms in total. The second-order valence-corrected chi connectivity index (χ2v) is 4.14. The summed E-state index contributed by atoms with van der Waals surface area (Å²) in [5, 5.41) is 0. The fraction of sp³-hybridized carbons (Fsp3) is 0.133. The summed E-state index contributed by atoms with van der Waals surface area (Å²) >= 11 is 0. The number of amides is 1. The lowest BCUT2D eigenvalue weighted by Gasteiger charge is -2.09. The van der Waals surface area contributed by atoms with E-state index in [1.807, 2.05) is 49.4 Å². The second-order valence-electron chi connectivity index (χ2n) is 4.14. The van der Waals surface area contributed by atoms with Gasteiger partial charge in [0.05, 0.1) is 5.69 Å². The van der Waals surface area contributed by atoms with Crippen molar-refractivity contribution >= 4 is 11.6 Å². The minimum Gasteiger partial charge on any atom is -0.484 e. The third-order valence-corrected chi connectivity index (χ3v) is 2.51. The van der Waals surface area contributed by atoms with Crippen molar-refractivity contribution in [2.75, 3.05) is 12.0 Å². The second kappa shape index (κ2) is 6.44. The van der Waals surface area contributed by atoms with E-state index in [1.54, 1.807) is 12.1 Å². The van der Waals surface area contributed by atoms with Gasteiger partial charge < -0.3 is 4.74 Å². The van der Waals surface area contributed by atoms with Gasteiger partial charge in [0.15, 0.2) is 6.61 Å². The quantitative estimate of drug-likeness (QED) is 0.808. The molecule has 2 aromatic rings. The van der Waals surface area contributed by atoms with Gasteiger partial charge in [0.1, 0.15) is 5.75 Å². The van der Waals surface area contributed by atoms with Crippen molar-refractivity contribution in [3.8, 4) is 5.75 Å². The number of aryl methyl sites for hydroxylation is 1. The third-order valence-electron chi connectivity index (χ3n) is 2.51. The summed E-state index contributed by atoms with van der Waals surface area (Å²) in [5.74, 6) is 0.442. The molecule has 0 atom stereocenters. The molecular weight excluding hydrogens is 240 g/mol. The topological polar surface area (TPSA) is 50.4 Å². The van der Waals surface area contributed by atoms with Crippen molar-refractivity contribution in [3.63, 3.8) is 0 Å². The van der Waals surface area contributed by atoms with Crippen molar-refractivity contribution in [1.29, 1.82) is 0 Å². The molecule has 0 aliphatic carbocycles. The van der Waals surface area contributed by atoms with Crippen LogP contribution in [0, 0.1) is 6.92 Å². The lowest BCUT2D eigenvalue weighted by atomic mass is 10.2. The average Bonchev–Trinajstić information content (AvgIpc) is 2.45. The van der Waals surface area contributed by atoms with E-state index in [2.05, 4.69) is 10.9 Å². The Hall–Kier alpha value is -2.49. The lowest BCUT2D eigenvalue weighted by molar-refractivity contribution is -0.122. The number of ether oxygens (including phenoxy) is 1. The number of benzene rings is 2. The van der Waals surface area contributed by atoms with Crippen LogP contribution in [-0.2, 0) is 4.79 Å². The van der Waals surface area contributed by atoms with Crippen LogP contribution in [0.4, 0.5) is 5.69 Å². The zero-order chi connectivity index (χ0) is 13.5. The number of hydrogen-bond donors (Lipinski definition) is 2. The molecule has 0 spiro atoms. The number of carbonyl (C=O) groups excluding carboxylic acids is 1. The van der Waals surface area contributed by atoms with E-state index in [0.717, 1.165) is 5.69 Å². The van der Waals surface area contributed by atoms with Crippen molar-refractivity contribution in [1.82, 2.24) is 5.43 Å². The number of rotatable bonds is 5. The normalized spacial score (nSPS) is 9.74. The molecule has 98 valence electrons. The highest BCUT2D eigenvalue weighted by molar-refractivity contribution is 5.78. The Morgan fingerprint density at radius 2 is 1.74 bits per heavy atom. The van der Waals surface area contributed by atoms with Gasteiger partial charge in [-0.3, -0.25) is 15.6 Å². The number of hydrogen-bond acceptors (Lipinski definition) is 3. The first-order chi connectivity index (χ1) is 9.24. The van der Waals surface area contributed by atoms with Crippen molar-refractivity contribution in [2.45, 2.75) is 6.92 Å². The Balaban J connectivity index is 1.74. The molecule has 0 saturated carbocycles. The van der Waals surface area contributed by atoms with Crippen molar-refractivity contribution in [3.05, 3.63) is 60.2 Å². The molecule has 4 heteroatoms. The molecule has 0 radical (unpaired) electrons. The summed E-state index contributed by atoms with van der Waals surface area (Å²) in [4.78, 5) is 11.6. The molecule has 2 aromatic carbocycles. The minimum absolute atomic E-state index is 0.0249. The number of para-hydroxylation sites is 1. The zero-order valence-corrected chi connectivity index (χ0v) is 10.7. The van der Waals surface area contributed by atoms with Gasteiger partial charge in [-0.1, -0.05) is 35.9 Å². The average molecular weight is 256 g/mol. The van der Waals surface area contributed by atoms with Gasteiger partial charge in [0.25, 0.3) is 5.91 Å². The smallest absolute Gasteiger partial charge is 0.276 e. The van der Waals surface area contributed by atoms with Gasteiger partial charge in [-0.15, -0.1) is 0 Å². The SMILES string of the molecule is Cc1ccc(NNC(=O)COc2ccccc2)cc1. The van der Waals surface area contributed by atoms with Gasteiger partial charge in [-0.2, -0.15) is 0 Å². The molecule has 0 saturated heterocycles. The van der Waals surface area contributed by atoms with Crippen LogP contribution in [0.15, 0.2) is 54.6 Å². The Morgan fingerprint density at radius 3 is 2.42 bits per heavy atom. The Kier molecular flexibility index (Phi) is 4.39. The summed E-state index contributed by atoms with van der Waals surface area (Å²) in [7, 11) is 0. The molecule has 0 aliphatic heterocycles. The van der Waals surface area contributed by atoms with Gasteiger partial charge >= 0.3 is 0 Å². The van der Waals surface area contributed by atoms with E-state index in [4.69, 9.17) is 4.74 Å². The van der Waals surface area contributed by atoms with Crippen LogP contribution in [0.5, 0.6) is 5.75 Å². The highest BCUT2D eigenvalue weighted by atomic mass is 16.5. The maximum absolute atomic E-state index is 11.6. The zero-order valence-electron chi connectivity index (χ0n) is 10.7. The van der Waals surface area contributed by atoms with Crippen LogP contribution >= 0.6 is 0 Å². The molecule has 0 heterocycles. The first kappa shape index (κ1) is 13.0.